The van der Waals surface area contributed by atoms with E-state index in [0.29, 0.717) is 16.9 Å². The minimum atomic E-state index is -0.369. The molecule has 6 nitrogen and oxygen atoms in total. The van der Waals surface area contributed by atoms with Crippen LogP contribution in [0, 0.1) is 12.1 Å². The first-order valence-electron chi connectivity index (χ1n) is 9.03. The third-order valence-corrected chi connectivity index (χ3v) is 4.76. The molecule has 0 bridgehead atoms. The van der Waals surface area contributed by atoms with Crippen LogP contribution in [-0.2, 0) is 6.61 Å². The summed E-state index contributed by atoms with van der Waals surface area (Å²) >= 11 is 0. The third kappa shape index (κ3) is 3.85. The van der Waals surface area contributed by atoms with Crippen molar-refractivity contribution in [2.45, 2.75) is 13.5 Å². The summed E-state index contributed by atoms with van der Waals surface area (Å²) in [5, 5.41) is 20.4. The van der Waals surface area contributed by atoms with E-state index in [9.17, 15) is 10.0 Å². The maximum atomic E-state index is 12.5. The van der Waals surface area contributed by atoms with Gasteiger partial charge < -0.3 is 19.6 Å². The molecule has 0 radical (unpaired) electrons. The van der Waals surface area contributed by atoms with E-state index in [4.69, 9.17) is 14.4 Å². The molecule has 0 saturated carbocycles. The molecule has 1 N–H and O–H groups in total. The number of anilines is 1. The molecule has 0 fully saturated rings. The number of hydrogen-bond donors (Lipinski definition) is 1. The number of fused-ring (bicyclic) bond motifs is 1. The minimum Gasteiger partial charge on any atom is -0.733 e. The lowest BCUT2D eigenvalue weighted by Gasteiger charge is -2.21. The molecule has 6 heteroatoms. The zero-order chi connectivity index (χ0) is 20.4. The second-order valence-corrected chi connectivity index (χ2v) is 6.64. The molecule has 0 amide bonds. The van der Waals surface area contributed by atoms with Crippen molar-refractivity contribution < 1.29 is 14.4 Å². The van der Waals surface area contributed by atoms with E-state index < -0.39 is 0 Å². The van der Waals surface area contributed by atoms with Crippen LogP contribution in [0.15, 0.2) is 82.0 Å². The van der Waals surface area contributed by atoms with Gasteiger partial charge in [-0.15, -0.1) is 0 Å². The minimum absolute atomic E-state index is 0.151. The van der Waals surface area contributed by atoms with Crippen LogP contribution in [0.1, 0.15) is 11.1 Å². The van der Waals surface area contributed by atoms with Crippen LogP contribution in [-0.4, -0.2) is 5.21 Å². The topological polar surface area (TPSA) is 86.0 Å². The molecule has 146 valence electrons. The quantitative estimate of drug-likeness (QED) is 0.381. The highest BCUT2D eigenvalue weighted by atomic mass is 16.8. The lowest BCUT2D eigenvalue weighted by atomic mass is 9.99. The number of aryl methyl sites for hydroxylation is 1. The Bertz CT molecular complexity index is 1200. The molecule has 1 heterocycles. The van der Waals surface area contributed by atoms with Crippen molar-refractivity contribution in [3.8, 4) is 16.9 Å². The van der Waals surface area contributed by atoms with Gasteiger partial charge in [0.05, 0.1) is 11.3 Å². The van der Waals surface area contributed by atoms with Crippen molar-refractivity contribution in [2.75, 3.05) is 5.23 Å². The van der Waals surface area contributed by atoms with Gasteiger partial charge in [-0.3, -0.25) is 5.21 Å². The Hall–Kier alpha value is -3.61. The molecule has 4 aromatic rings. The Balaban J connectivity index is 1.64. The van der Waals surface area contributed by atoms with Crippen molar-refractivity contribution in [2.24, 2.45) is 0 Å². The van der Waals surface area contributed by atoms with Crippen molar-refractivity contribution in [3.05, 3.63) is 99.6 Å². The molecule has 0 saturated heterocycles. The molecule has 4 rings (SSSR count). The summed E-state index contributed by atoms with van der Waals surface area (Å²) in [6.07, 6.45) is 0. The van der Waals surface area contributed by atoms with Gasteiger partial charge in [0.2, 0.25) is 0 Å². The van der Waals surface area contributed by atoms with Gasteiger partial charge in [-0.1, -0.05) is 42.5 Å². The zero-order valence-corrected chi connectivity index (χ0v) is 15.7. The number of rotatable bonds is 5. The Kier molecular flexibility index (Phi) is 5.03. The molecule has 0 atom stereocenters. The van der Waals surface area contributed by atoms with Crippen LogP contribution in [0.3, 0.4) is 0 Å². The third-order valence-electron chi connectivity index (χ3n) is 4.76. The van der Waals surface area contributed by atoms with Gasteiger partial charge >= 0.3 is 5.63 Å². The molecule has 0 unspecified atom stereocenters. The average molecular weight is 388 g/mol. The fourth-order valence-corrected chi connectivity index (χ4v) is 3.25. The smallest absolute Gasteiger partial charge is 0.344 e. The first kappa shape index (κ1) is 18.7. The summed E-state index contributed by atoms with van der Waals surface area (Å²) in [4.78, 5) is 12.5. The predicted molar refractivity (Wildman–Crippen MR) is 111 cm³/mol. The van der Waals surface area contributed by atoms with Gasteiger partial charge in [-0.25, -0.2) is 4.79 Å². The van der Waals surface area contributed by atoms with E-state index in [0.717, 1.165) is 22.1 Å². The van der Waals surface area contributed by atoms with Gasteiger partial charge in [0, 0.05) is 5.39 Å². The monoisotopic (exact) mass is 388 g/mol. The lowest BCUT2D eigenvalue weighted by molar-refractivity contribution is 0.295. The molecule has 29 heavy (non-hydrogen) atoms. The Morgan fingerprint density at radius 2 is 1.76 bits per heavy atom. The van der Waals surface area contributed by atoms with Crippen molar-refractivity contribution in [1.29, 1.82) is 0 Å². The number of hydrogen-bond acceptors (Lipinski definition) is 6. The molecule has 0 spiro atoms. The van der Waals surface area contributed by atoms with Crippen molar-refractivity contribution in [1.82, 2.24) is 0 Å². The van der Waals surface area contributed by atoms with Gasteiger partial charge in [-0.05, 0) is 53.9 Å². The van der Waals surface area contributed by atoms with Gasteiger partial charge in [-0.2, -0.15) is 0 Å². The van der Waals surface area contributed by atoms with Crippen molar-refractivity contribution in [3.63, 3.8) is 0 Å². The highest BCUT2D eigenvalue weighted by Crippen LogP contribution is 2.29. The summed E-state index contributed by atoms with van der Waals surface area (Å²) in [7, 11) is 0. The summed E-state index contributed by atoms with van der Waals surface area (Å²) in [6, 6.07) is 21.2. The van der Waals surface area contributed by atoms with Gasteiger partial charge in [0.15, 0.2) is 0 Å². The van der Waals surface area contributed by atoms with Gasteiger partial charge in [0.1, 0.15) is 17.9 Å². The van der Waals surface area contributed by atoms with E-state index in [1.807, 2.05) is 43.3 Å². The molecule has 3 aromatic carbocycles. The normalized spacial score (nSPS) is 10.9. The standard InChI is InChI=1S/C23H18NO5/c1-15-20-13-19(28-14-16-7-9-18(10-8-16)24(26)27)11-12-21(20)29-23(25)22(15)17-5-3-2-4-6-17/h2-13,26H,14H2,1H3/q-1. The van der Waals surface area contributed by atoms with E-state index in [1.165, 1.54) is 12.1 Å². The maximum absolute atomic E-state index is 12.5. The van der Waals surface area contributed by atoms with Gasteiger partial charge in [0.25, 0.3) is 0 Å². The highest BCUT2D eigenvalue weighted by Gasteiger charge is 2.13. The first-order valence-corrected chi connectivity index (χ1v) is 9.03. The summed E-state index contributed by atoms with van der Waals surface area (Å²) in [5.74, 6) is 0.630. The fourth-order valence-electron chi connectivity index (χ4n) is 3.25. The van der Waals surface area contributed by atoms with Crippen LogP contribution in [0.25, 0.3) is 22.1 Å². The average Bonchev–Trinajstić information content (AvgIpc) is 2.73. The zero-order valence-electron chi connectivity index (χ0n) is 15.7. The summed E-state index contributed by atoms with van der Waals surface area (Å²) in [5.41, 5.74) is 3.31. The highest BCUT2D eigenvalue weighted by molar-refractivity contribution is 5.87. The number of benzene rings is 3. The molecule has 1 aromatic heterocycles. The SMILES string of the molecule is Cc1c(-c2ccccc2)c(=O)oc2ccc(OCc3ccc(N([O-])O)cc3)cc12. The Morgan fingerprint density at radius 1 is 1.03 bits per heavy atom. The maximum Gasteiger partial charge on any atom is 0.344 e. The van der Waals surface area contributed by atoms with Crippen LogP contribution in [0.5, 0.6) is 5.75 Å². The fraction of sp³-hybridized carbons (Fsp3) is 0.0870. The van der Waals surface area contributed by atoms with Crippen LogP contribution < -0.4 is 15.6 Å². The molecule has 0 aliphatic rings. The van der Waals surface area contributed by atoms with Crippen LogP contribution >= 0.6 is 0 Å². The van der Waals surface area contributed by atoms with Crippen LogP contribution in [0.2, 0.25) is 0 Å². The largest absolute Gasteiger partial charge is 0.733 e. The second kappa shape index (κ2) is 7.79. The molecular formula is C23H18NO5-. The number of nitrogens with zero attached hydrogens (tertiary/aromatic N) is 1. The lowest BCUT2D eigenvalue weighted by Crippen LogP contribution is -2.07. The first-order chi connectivity index (χ1) is 14.0. The summed E-state index contributed by atoms with van der Waals surface area (Å²) in [6.45, 7) is 2.19. The van der Waals surface area contributed by atoms with E-state index in [-0.39, 0.29) is 23.1 Å². The molecule has 0 aliphatic heterocycles. The summed E-state index contributed by atoms with van der Waals surface area (Å²) < 4.78 is 11.4. The van der Waals surface area contributed by atoms with E-state index in [2.05, 4.69) is 0 Å². The predicted octanol–water partition coefficient (Wildman–Crippen LogP) is 5.04. The van der Waals surface area contributed by atoms with E-state index in [1.54, 1.807) is 24.3 Å². The second-order valence-electron chi connectivity index (χ2n) is 6.64. The van der Waals surface area contributed by atoms with Crippen molar-refractivity contribution >= 4 is 16.7 Å². The van der Waals surface area contributed by atoms with Crippen LogP contribution in [0.4, 0.5) is 5.69 Å². The Morgan fingerprint density at radius 3 is 2.45 bits per heavy atom. The molecular weight excluding hydrogens is 370 g/mol. The Labute approximate surface area is 166 Å². The van der Waals surface area contributed by atoms with E-state index >= 15 is 0 Å². The molecule has 0 aliphatic carbocycles. The number of ether oxygens (including phenoxy) is 1.